The van der Waals surface area contributed by atoms with Crippen molar-refractivity contribution in [3.8, 4) is 0 Å². The maximum atomic E-state index is 12.4. The summed E-state index contributed by atoms with van der Waals surface area (Å²) in [7, 11) is 3.55. The zero-order chi connectivity index (χ0) is 13.1. The molecular formula is C10H12F3N3S. The number of halogens is 3. The first-order valence-corrected chi connectivity index (χ1v) is 5.89. The fourth-order valence-corrected chi connectivity index (χ4v) is 1.64. The van der Waals surface area contributed by atoms with Crippen molar-refractivity contribution >= 4 is 22.6 Å². The van der Waals surface area contributed by atoms with Gasteiger partial charge in [-0.1, -0.05) is 11.8 Å². The van der Waals surface area contributed by atoms with Crippen molar-refractivity contribution in [2.75, 3.05) is 20.4 Å². The summed E-state index contributed by atoms with van der Waals surface area (Å²) in [5.41, 5.74) is -0.601. The van der Waals surface area contributed by atoms with Crippen LogP contribution in [-0.2, 0) is 6.18 Å². The third-order valence-corrected chi connectivity index (χ3v) is 2.66. The van der Waals surface area contributed by atoms with E-state index < -0.39 is 11.7 Å². The van der Waals surface area contributed by atoms with Gasteiger partial charge >= 0.3 is 6.18 Å². The molecule has 1 heterocycles. The Labute approximate surface area is 102 Å². The number of hydrogen-bond acceptors (Lipinski definition) is 3. The number of amidine groups is 1. The summed E-state index contributed by atoms with van der Waals surface area (Å²) in [6, 6.07) is 0.979. The van der Waals surface area contributed by atoms with Gasteiger partial charge in [0.2, 0.25) is 0 Å². The second-order valence-electron chi connectivity index (χ2n) is 3.42. The molecule has 0 spiro atoms. The molecule has 1 aromatic heterocycles. The standard InChI is InChI=1S/C10H12F3N3S/c1-16(2)9(17-3)15-8-4-7(5-14-6-8)10(11,12)13/h4-6H,1-3H3. The van der Waals surface area contributed by atoms with Crippen LogP contribution in [0.3, 0.4) is 0 Å². The van der Waals surface area contributed by atoms with E-state index in [4.69, 9.17) is 0 Å². The lowest BCUT2D eigenvalue weighted by Gasteiger charge is -2.13. The Morgan fingerprint density at radius 3 is 2.47 bits per heavy atom. The van der Waals surface area contributed by atoms with Crippen molar-refractivity contribution < 1.29 is 13.2 Å². The quantitative estimate of drug-likeness (QED) is 0.576. The van der Waals surface area contributed by atoms with E-state index in [0.29, 0.717) is 5.17 Å². The summed E-state index contributed by atoms with van der Waals surface area (Å²) in [6.45, 7) is 0. The molecule has 94 valence electrons. The molecule has 0 amide bonds. The monoisotopic (exact) mass is 263 g/mol. The Morgan fingerprint density at radius 2 is 2.00 bits per heavy atom. The van der Waals surface area contributed by atoms with Gasteiger partial charge in [0.1, 0.15) is 0 Å². The molecule has 0 saturated carbocycles. The molecule has 0 fully saturated rings. The highest BCUT2D eigenvalue weighted by molar-refractivity contribution is 8.13. The van der Waals surface area contributed by atoms with Gasteiger partial charge in [-0.2, -0.15) is 13.2 Å². The molecule has 0 atom stereocenters. The van der Waals surface area contributed by atoms with Crippen molar-refractivity contribution in [3.63, 3.8) is 0 Å². The zero-order valence-electron chi connectivity index (χ0n) is 9.62. The number of aromatic nitrogens is 1. The molecule has 0 unspecified atom stereocenters. The van der Waals surface area contributed by atoms with Crippen LogP contribution in [0.5, 0.6) is 0 Å². The smallest absolute Gasteiger partial charge is 0.357 e. The van der Waals surface area contributed by atoms with Crippen LogP contribution in [0.25, 0.3) is 0 Å². The maximum absolute atomic E-state index is 12.4. The van der Waals surface area contributed by atoms with Gasteiger partial charge in [0.15, 0.2) is 5.17 Å². The number of pyridine rings is 1. The van der Waals surface area contributed by atoms with E-state index in [1.807, 2.05) is 0 Å². The highest BCUT2D eigenvalue weighted by Gasteiger charge is 2.31. The van der Waals surface area contributed by atoms with E-state index in [1.165, 1.54) is 18.0 Å². The Kier molecular flexibility index (Phi) is 4.39. The van der Waals surface area contributed by atoms with Crippen LogP contribution in [0.1, 0.15) is 5.56 Å². The Hall–Kier alpha value is -1.24. The van der Waals surface area contributed by atoms with Gasteiger partial charge in [-0.15, -0.1) is 0 Å². The van der Waals surface area contributed by atoms with E-state index in [9.17, 15) is 13.2 Å². The number of nitrogens with zero attached hydrogens (tertiary/aromatic N) is 3. The third kappa shape index (κ3) is 3.92. The highest BCUT2D eigenvalue weighted by atomic mass is 32.2. The van der Waals surface area contributed by atoms with Gasteiger partial charge in [-0.25, -0.2) is 4.99 Å². The Bertz CT molecular complexity index is 416. The number of rotatable bonds is 1. The van der Waals surface area contributed by atoms with Crippen LogP contribution in [-0.4, -0.2) is 35.4 Å². The van der Waals surface area contributed by atoms with Gasteiger partial charge in [0.25, 0.3) is 0 Å². The van der Waals surface area contributed by atoms with Crippen molar-refractivity contribution in [3.05, 3.63) is 24.0 Å². The van der Waals surface area contributed by atoms with Gasteiger partial charge in [0.05, 0.1) is 17.4 Å². The van der Waals surface area contributed by atoms with Crippen LogP contribution in [0.4, 0.5) is 18.9 Å². The number of thioether (sulfide) groups is 1. The van der Waals surface area contributed by atoms with Crippen molar-refractivity contribution in [1.82, 2.24) is 9.88 Å². The van der Waals surface area contributed by atoms with Crippen LogP contribution >= 0.6 is 11.8 Å². The summed E-state index contributed by atoms with van der Waals surface area (Å²) in [6.07, 6.45) is -0.502. The van der Waals surface area contributed by atoms with E-state index in [1.54, 1.807) is 25.3 Å². The molecule has 0 N–H and O–H groups in total. The molecule has 0 bridgehead atoms. The SMILES string of the molecule is CSC(=Nc1cncc(C(F)(F)F)c1)N(C)C. The maximum Gasteiger partial charge on any atom is 0.417 e. The predicted octanol–water partition coefficient (Wildman–Crippen LogP) is 3.01. The van der Waals surface area contributed by atoms with E-state index in [2.05, 4.69) is 9.98 Å². The van der Waals surface area contributed by atoms with Crippen LogP contribution in [0, 0.1) is 0 Å². The molecular weight excluding hydrogens is 251 g/mol. The molecule has 0 aliphatic rings. The highest BCUT2D eigenvalue weighted by Crippen LogP contribution is 2.30. The zero-order valence-corrected chi connectivity index (χ0v) is 10.4. The molecule has 1 rings (SSSR count). The summed E-state index contributed by atoms with van der Waals surface area (Å²) in [4.78, 5) is 9.36. The lowest BCUT2D eigenvalue weighted by molar-refractivity contribution is -0.137. The Morgan fingerprint density at radius 1 is 1.35 bits per heavy atom. The number of aliphatic imine (C=N–C) groups is 1. The largest absolute Gasteiger partial charge is 0.417 e. The number of hydrogen-bond donors (Lipinski definition) is 0. The van der Waals surface area contributed by atoms with E-state index in [-0.39, 0.29) is 5.69 Å². The molecule has 0 aliphatic carbocycles. The molecule has 1 aromatic rings. The molecule has 0 saturated heterocycles. The van der Waals surface area contributed by atoms with Crippen molar-refractivity contribution in [1.29, 1.82) is 0 Å². The average molecular weight is 263 g/mol. The summed E-state index contributed by atoms with van der Waals surface area (Å²) >= 11 is 1.35. The van der Waals surface area contributed by atoms with Crippen LogP contribution < -0.4 is 0 Å². The second kappa shape index (κ2) is 5.39. The molecule has 17 heavy (non-hydrogen) atoms. The van der Waals surface area contributed by atoms with E-state index >= 15 is 0 Å². The van der Waals surface area contributed by atoms with Gasteiger partial charge < -0.3 is 4.90 Å². The van der Waals surface area contributed by atoms with Crippen LogP contribution in [0.15, 0.2) is 23.5 Å². The summed E-state index contributed by atoms with van der Waals surface area (Å²) in [5.74, 6) is 0. The minimum atomic E-state index is -4.39. The first-order chi connectivity index (χ1) is 7.84. The summed E-state index contributed by atoms with van der Waals surface area (Å²) < 4.78 is 37.3. The summed E-state index contributed by atoms with van der Waals surface area (Å²) in [5, 5.41) is 0.617. The fourth-order valence-electron chi connectivity index (χ4n) is 1.08. The van der Waals surface area contributed by atoms with E-state index in [0.717, 1.165) is 12.3 Å². The normalized spacial score (nSPS) is 12.7. The minimum Gasteiger partial charge on any atom is -0.357 e. The number of alkyl halides is 3. The minimum absolute atomic E-state index is 0.192. The Balaban J connectivity index is 3.08. The lowest BCUT2D eigenvalue weighted by atomic mass is 10.2. The predicted molar refractivity (Wildman–Crippen MR) is 63.5 cm³/mol. The molecule has 0 radical (unpaired) electrons. The molecule has 0 aromatic carbocycles. The first-order valence-electron chi connectivity index (χ1n) is 4.67. The van der Waals surface area contributed by atoms with Crippen LogP contribution in [0.2, 0.25) is 0 Å². The topological polar surface area (TPSA) is 28.5 Å². The fraction of sp³-hybridized carbons (Fsp3) is 0.400. The second-order valence-corrected chi connectivity index (χ2v) is 4.20. The lowest BCUT2D eigenvalue weighted by Crippen LogP contribution is -2.17. The molecule has 3 nitrogen and oxygen atoms in total. The molecule has 7 heteroatoms. The molecule has 0 aliphatic heterocycles. The third-order valence-electron chi connectivity index (χ3n) is 1.84. The first kappa shape index (κ1) is 13.8. The van der Waals surface area contributed by atoms with Gasteiger partial charge in [-0.05, 0) is 12.3 Å². The van der Waals surface area contributed by atoms with Gasteiger partial charge in [0, 0.05) is 20.3 Å². The van der Waals surface area contributed by atoms with Crippen molar-refractivity contribution in [2.24, 2.45) is 4.99 Å². The van der Waals surface area contributed by atoms with Gasteiger partial charge in [-0.3, -0.25) is 4.98 Å². The average Bonchev–Trinajstić information content (AvgIpc) is 2.24. The van der Waals surface area contributed by atoms with Crippen molar-refractivity contribution in [2.45, 2.75) is 6.18 Å².